The molecular weight excluding hydrogens is 548 g/mol. The molecule has 0 saturated carbocycles. The zero-order valence-electron chi connectivity index (χ0n) is 23.3. The summed E-state index contributed by atoms with van der Waals surface area (Å²) in [6, 6.07) is 11.4. The molecule has 3 N–H and O–H groups in total. The number of carbonyl (C=O) groups is 3. The first-order valence-corrected chi connectivity index (χ1v) is 13.6. The molecule has 1 unspecified atom stereocenters. The van der Waals surface area contributed by atoms with E-state index in [1.165, 1.54) is 6.92 Å². The van der Waals surface area contributed by atoms with Gasteiger partial charge in [-0.15, -0.1) is 5.10 Å². The van der Waals surface area contributed by atoms with E-state index in [1.54, 1.807) is 42.5 Å². The molecule has 0 spiro atoms. The lowest BCUT2D eigenvalue weighted by Crippen LogP contribution is -2.45. The van der Waals surface area contributed by atoms with E-state index in [9.17, 15) is 19.2 Å². The first kappa shape index (κ1) is 30.6. The van der Waals surface area contributed by atoms with E-state index in [-0.39, 0.29) is 24.7 Å². The van der Waals surface area contributed by atoms with Gasteiger partial charge >= 0.3 is 0 Å². The molecule has 2 aromatic carbocycles. The number of fused-ring (bicyclic) bond motifs is 1. The average molecular weight is 583 g/mol. The Morgan fingerprint density at radius 2 is 1.64 bits per heavy atom. The van der Waals surface area contributed by atoms with Gasteiger partial charge in [-0.25, -0.2) is 0 Å². The maximum atomic E-state index is 13.2. The van der Waals surface area contributed by atoms with Gasteiger partial charge in [0.15, 0.2) is 0 Å². The lowest BCUT2D eigenvalue weighted by molar-refractivity contribution is -0.136. The normalized spacial score (nSPS) is 14.9. The van der Waals surface area contributed by atoms with Crippen LogP contribution in [-0.2, 0) is 28.6 Å². The van der Waals surface area contributed by atoms with Crippen molar-refractivity contribution >= 4 is 40.0 Å². The molecule has 3 amide bonds. The summed E-state index contributed by atoms with van der Waals surface area (Å²) in [5, 5.41) is 16.4. The summed E-state index contributed by atoms with van der Waals surface area (Å²) < 4.78 is 23.2. The smallest absolute Gasteiger partial charge is 0.280 e. The number of nitrogens with one attached hydrogen (secondary N) is 3. The van der Waals surface area contributed by atoms with Crippen LogP contribution < -0.4 is 26.2 Å². The molecule has 1 atom stereocenters. The Hall–Kier alpha value is -4.40. The summed E-state index contributed by atoms with van der Waals surface area (Å²) >= 11 is 0. The van der Waals surface area contributed by atoms with Crippen molar-refractivity contribution in [1.29, 1.82) is 0 Å². The highest BCUT2D eigenvalue weighted by molar-refractivity contribution is 5.99. The molecule has 14 heteroatoms. The third-order valence-electron chi connectivity index (χ3n) is 6.20. The van der Waals surface area contributed by atoms with E-state index in [0.29, 0.717) is 80.8 Å². The number of nitrogens with zero attached hydrogens (tertiary/aromatic N) is 3. The van der Waals surface area contributed by atoms with Gasteiger partial charge < -0.3 is 29.6 Å². The molecular formula is C28H34N6O8. The van der Waals surface area contributed by atoms with Crippen LogP contribution in [0.15, 0.2) is 47.3 Å². The van der Waals surface area contributed by atoms with Gasteiger partial charge in [-0.2, -0.15) is 4.68 Å². The molecule has 4 rings (SSSR count). The van der Waals surface area contributed by atoms with Gasteiger partial charge in [0.05, 0.1) is 45.0 Å². The first-order chi connectivity index (χ1) is 20.4. The Kier molecular flexibility index (Phi) is 11.3. The minimum atomic E-state index is -0.886. The number of anilines is 2. The number of imide groups is 1. The van der Waals surface area contributed by atoms with Crippen molar-refractivity contribution in [3.05, 3.63) is 52.8 Å². The Morgan fingerprint density at radius 1 is 0.952 bits per heavy atom. The van der Waals surface area contributed by atoms with Crippen LogP contribution in [-0.4, -0.2) is 85.5 Å². The molecule has 1 aliphatic heterocycles. The van der Waals surface area contributed by atoms with Crippen LogP contribution in [0.5, 0.6) is 5.75 Å². The summed E-state index contributed by atoms with van der Waals surface area (Å²) in [6.45, 7) is 4.70. The standard InChI is InChI=1S/C28H34N6O8/c1-19(35)30-20-5-7-21(8-6-20)42-18-17-41-16-15-40-14-13-39-12-11-29-22-3-2-4-23-26(22)28(38)34(33-32-23)24-9-10-25(36)31-27(24)37/h2-8,24,29H,9-18H2,1H3,(H,30,35)(H,31,36,37). The van der Waals surface area contributed by atoms with Gasteiger partial charge in [-0.1, -0.05) is 11.3 Å². The third kappa shape index (κ3) is 8.80. The van der Waals surface area contributed by atoms with Crippen LogP contribution in [0.25, 0.3) is 10.9 Å². The Morgan fingerprint density at radius 3 is 2.33 bits per heavy atom. The zero-order valence-corrected chi connectivity index (χ0v) is 23.3. The summed E-state index contributed by atoms with van der Waals surface area (Å²) in [7, 11) is 0. The van der Waals surface area contributed by atoms with Gasteiger partial charge in [-0.3, -0.25) is 24.5 Å². The van der Waals surface area contributed by atoms with Crippen molar-refractivity contribution in [1.82, 2.24) is 20.3 Å². The average Bonchev–Trinajstić information content (AvgIpc) is 2.97. The minimum absolute atomic E-state index is 0.125. The second kappa shape index (κ2) is 15.6. The molecule has 1 fully saturated rings. The maximum absolute atomic E-state index is 13.2. The number of benzene rings is 2. The maximum Gasteiger partial charge on any atom is 0.280 e. The summed E-state index contributed by atoms with van der Waals surface area (Å²) in [4.78, 5) is 47.9. The van der Waals surface area contributed by atoms with Gasteiger partial charge in [0, 0.05) is 31.3 Å². The Bertz CT molecular complexity index is 1430. The molecule has 0 radical (unpaired) electrons. The van der Waals surface area contributed by atoms with Crippen molar-refractivity contribution in [2.75, 3.05) is 63.4 Å². The predicted molar refractivity (Wildman–Crippen MR) is 152 cm³/mol. The highest BCUT2D eigenvalue weighted by Gasteiger charge is 2.30. The van der Waals surface area contributed by atoms with E-state index in [4.69, 9.17) is 18.9 Å². The molecule has 42 heavy (non-hydrogen) atoms. The minimum Gasteiger partial charge on any atom is -0.491 e. The molecule has 224 valence electrons. The number of rotatable bonds is 16. The van der Waals surface area contributed by atoms with Crippen LogP contribution in [0.2, 0.25) is 0 Å². The molecule has 0 bridgehead atoms. The number of hydrogen-bond acceptors (Lipinski definition) is 11. The predicted octanol–water partition coefficient (Wildman–Crippen LogP) is 1.27. The number of piperidine rings is 1. The largest absolute Gasteiger partial charge is 0.491 e. The highest BCUT2D eigenvalue weighted by atomic mass is 16.6. The topological polar surface area (TPSA) is 172 Å². The van der Waals surface area contributed by atoms with Crippen molar-refractivity contribution in [3.63, 3.8) is 0 Å². The molecule has 1 saturated heterocycles. The van der Waals surface area contributed by atoms with Crippen molar-refractivity contribution in [2.24, 2.45) is 0 Å². The molecule has 1 aliphatic rings. The fraction of sp³-hybridized carbons (Fsp3) is 0.429. The van der Waals surface area contributed by atoms with Gasteiger partial charge in [-0.05, 0) is 42.8 Å². The van der Waals surface area contributed by atoms with Crippen LogP contribution in [0.1, 0.15) is 25.8 Å². The van der Waals surface area contributed by atoms with Gasteiger partial charge in [0.2, 0.25) is 11.8 Å². The van der Waals surface area contributed by atoms with Crippen molar-refractivity contribution < 1.29 is 33.3 Å². The number of amides is 3. The van der Waals surface area contributed by atoms with Crippen molar-refractivity contribution in [2.45, 2.75) is 25.8 Å². The quantitative estimate of drug-likeness (QED) is 0.164. The fourth-order valence-electron chi connectivity index (χ4n) is 4.22. The second-order valence-electron chi connectivity index (χ2n) is 9.32. The van der Waals surface area contributed by atoms with E-state index in [2.05, 4.69) is 26.3 Å². The number of ether oxygens (including phenoxy) is 4. The zero-order chi connectivity index (χ0) is 29.7. The van der Waals surface area contributed by atoms with Crippen LogP contribution in [0, 0.1) is 0 Å². The lowest BCUT2D eigenvalue weighted by Gasteiger charge is -2.21. The van der Waals surface area contributed by atoms with Gasteiger partial charge in [0.1, 0.15) is 23.9 Å². The van der Waals surface area contributed by atoms with Gasteiger partial charge in [0.25, 0.3) is 11.5 Å². The number of aromatic nitrogens is 3. The molecule has 0 aliphatic carbocycles. The van der Waals surface area contributed by atoms with Crippen LogP contribution >= 0.6 is 0 Å². The van der Waals surface area contributed by atoms with Crippen LogP contribution in [0.4, 0.5) is 11.4 Å². The summed E-state index contributed by atoms with van der Waals surface area (Å²) in [5.41, 5.74) is 1.20. The van der Waals surface area contributed by atoms with E-state index >= 15 is 0 Å². The first-order valence-electron chi connectivity index (χ1n) is 13.6. The summed E-state index contributed by atoms with van der Waals surface area (Å²) in [6.07, 6.45) is 0.319. The molecule has 2 heterocycles. The fourth-order valence-corrected chi connectivity index (χ4v) is 4.22. The second-order valence-corrected chi connectivity index (χ2v) is 9.32. The highest BCUT2D eigenvalue weighted by Crippen LogP contribution is 2.20. The molecule has 14 nitrogen and oxygen atoms in total. The monoisotopic (exact) mass is 582 g/mol. The third-order valence-corrected chi connectivity index (χ3v) is 6.20. The van der Waals surface area contributed by atoms with E-state index in [1.807, 2.05) is 0 Å². The van der Waals surface area contributed by atoms with E-state index in [0.717, 1.165) is 4.68 Å². The SMILES string of the molecule is CC(=O)Nc1ccc(OCCOCCOCCOCCNc2cccc3nnn(C4CCC(=O)NC4=O)c(=O)c23)cc1. The Labute approximate surface area is 241 Å². The van der Waals surface area contributed by atoms with Crippen LogP contribution in [0.3, 0.4) is 0 Å². The lowest BCUT2D eigenvalue weighted by atomic mass is 10.1. The van der Waals surface area contributed by atoms with Crippen molar-refractivity contribution in [3.8, 4) is 5.75 Å². The molecule has 3 aromatic rings. The Balaban J connectivity index is 1.08. The number of carbonyl (C=O) groups excluding carboxylic acids is 3. The summed E-state index contributed by atoms with van der Waals surface area (Å²) in [5.74, 6) is -0.370. The molecule has 1 aromatic heterocycles. The van der Waals surface area contributed by atoms with E-state index < -0.39 is 17.5 Å². The number of hydrogen-bond donors (Lipinski definition) is 3.